The highest BCUT2D eigenvalue weighted by atomic mass is 16.5. The number of nitrogens with two attached hydrogens (primary N) is 1. The van der Waals surface area contributed by atoms with Crippen molar-refractivity contribution >= 4 is 11.8 Å². The van der Waals surface area contributed by atoms with Gasteiger partial charge in [0.05, 0.1) is 0 Å². The van der Waals surface area contributed by atoms with Crippen molar-refractivity contribution in [2.45, 2.75) is 32.2 Å². The Bertz CT molecular complexity index is 271. The molecule has 0 saturated carbocycles. The zero-order valence-corrected chi connectivity index (χ0v) is 9.49. The van der Waals surface area contributed by atoms with Crippen molar-refractivity contribution in [3.63, 3.8) is 0 Å². The van der Waals surface area contributed by atoms with Crippen LogP contribution in [0.2, 0.25) is 0 Å². The van der Waals surface area contributed by atoms with Crippen LogP contribution in [0.3, 0.4) is 0 Å². The summed E-state index contributed by atoms with van der Waals surface area (Å²) >= 11 is 0. The van der Waals surface area contributed by atoms with Crippen molar-refractivity contribution in [3.05, 3.63) is 0 Å². The molecule has 90 valence electrons. The highest BCUT2D eigenvalue weighted by molar-refractivity contribution is 5.86. The molecule has 0 saturated heterocycles. The molecule has 0 aliphatic heterocycles. The summed E-state index contributed by atoms with van der Waals surface area (Å²) in [5.41, 5.74) is 5.15. The van der Waals surface area contributed by atoms with Gasteiger partial charge in [-0.1, -0.05) is 0 Å². The molecule has 0 aromatic heterocycles. The normalized spacial score (nSPS) is 11.5. The number of unbranched alkanes of at least 4 members (excludes halogenated alkanes) is 1. The summed E-state index contributed by atoms with van der Waals surface area (Å²) in [5, 5.41) is 2.50. The van der Waals surface area contributed by atoms with Gasteiger partial charge < -0.3 is 15.8 Å². The molecule has 5 nitrogen and oxygen atoms in total. The van der Waals surface area contributed by atoms with Crippen molar-refractivity contribution in [2.24, 2.45) is 5.73 Å². The fourth-order valence-electron chi connectivity index (χ4n) is 1.12. The number of nitrogens with one attached hydrogen (secondary N) is 1. The number of rotatable bonds is 8. The third kappa shape index (κ3) is 6.85. The van der Waals surface area contributed by atoms with Crippen LogP contribution < -0.4 is 11.1 Å². The van der Waals surface area contributed by atoms with E-state index in [0.717, 1.165) is 0 Å². The van der Waals surface area contributed by atoms with E-state index in [-0.39, 0.29) is 12.5 Å². The van der Waals surface area contributed by atoms with Gasteiger partial charge in [-0.25, -0.2) is 0 Å². The maximum Gasteiger partial charge on any atom is 0.246 e. The summed E-state index contributed by atoms with van der Waals surface area (Å²) in [7, 11) is 0. The molecule has 1 atom stereocenters. The Hall–Kier alpha value is -1.54. The number of amides is 2. The first kappa shape index (κ1) is 14.5. The van der Waals surface area contributed by atoms with E-state index < -0.39 is 11.9 Å². The molecule has 0 aliphatic rings. The van der Waals surface area contributed by atoms with Crippen molar-refractivity contribution in [1.29, 1.82) is 0 Å². The molecule has 16 heavy (non-hydrogen) atoms. The van der Waals surface area contributed by atoms with Crippen LogP contribution in [0.1, 0.15) is 26.2 Å². The minimum absolute atomic E-state index is 0.0601. The molecular weight excluding hydrogens is 208 g/mol. The maximum atomic E-state index is 11.3. The molecule has 0 heterocycles. The van der Waals surface area contributed by atoms with Crippen LogP contribution in [0.15, 0.2) is 0 Å². The minimum Gasteiger partial charge on any atom is -0.372 e. The van der Waals surface area contributed by atoms with Gasteiger partial charge in [0.25, 0.3) is 0 Å². The van der Waals surface area contributed by atoms with Crippen LogP contribution in [-0.2, 0) is 14.3 Å². The highest BCUT2D eigenvalue weighted by Crippen LogP contribution is 2.00. The lowest BCUT2D eigenvalue weighted by atomic mass is 10.1. The summed E-state index contributed by atoms with van der Waals surface area (Å²) in [6.45, 7) is 2.17. The molecule has 3 N–H and O–H groups in total. The van der Waals surface area contributed by atoms with Crippen LogP contribution in [0, 0.1) is 12.3 Å². The third-order valence-corrected chi connectivity index (χ3v) is 1.93. The Balaban J connectivity index is 3.98. The zero-order valence-electron chi connectivity index (χ0n) is 9.49. The van der Waals surface area contributed by atoms with E-state index in [1.807, 2.05) is 0 Å². The van der Waals surface area contributed by atoms with Crippen molar-refractivity contribution in [2.75, 3.05) is 13.2 Å². The van der Waals surface area contributed by atoms with Gasteiger partial charge in [-0.2, -0.15) is 0 Å². The molecule has 2 amide bonds. The lowest BCUT2D eigenvalue weighted by Gasteiger charge is -2.14. The van der Waals surface area contributed by atoms with Crippen molar-refractivity contribution in [1.82, 2.24) is 5.32 Å². The summed E-state index contributed by atoms with van der Waals surface area (Å²) < 4.78 is 4.91. The van der Waals surface area contributed by atoms with Gasteiger partial charge in [-0.15, -0.1) is 12.3 Å². The van der Waals surface area contributed by atoms with Crippen LogP contribution in [-0.4, -0.2) is 31.1 Å². The lowest BCUT2D eigenvalue weighted by molar-refractivity contribution is -0.130. The smallest absolute Gasteiger partial charge is 0.246 e. The first-order chi connectivity index (χ1) is 7.61. The molecule has 0 bridgehead atoms. The number of primary amides is 1. The number of ether oxygens (including phenoxy) is 1. The van der Waals surface area contributed by atoms with E-state index in [4.69, 9.17) is 16.9 Å². The first-order valence-electron chi connectivity index (χ1n) is 5.21. The summed E-state index contributed by atoms with van der Waals surface area (Å²) in [4.78, 5) is 22.3. The zero-order chi connectivity index (χ0) is 12.4. The molecular formula is C11H18N2O3. The van der Waals surface area contributed by atoms with Crippen LogP contribution in [0.5, 0.6) is 0 Å². The number of terminal acetylenes is 1. The van der Waals surface area contributed by atoms with Crippen LogP contribution in [0.4, 0.5) is 0 Å². The van der Waals surface area contributed by atoms with Gasteiger partial charge in [-0.3, -0.25) is 9.59 Å². The quantitative estimate of drug-likeness (QED) is 0.444. The second-order valence-corrected chi connectivity index (χ2v) is 3.26. The largest absolute Gasteiger partial charge is 0.372 e. The topological polar surface area (TPSA) is 81.4 Å². The Labute approximate surface area is 95.7 Å². The lowest BCUT2D eigenvalue weighted by Crippen LogP contribution is -2.45. The number of carbonyl (C=O) groups excluding carboxylic acids is 2. The summed E-state index contributed by atoms with van der Waals surface area (Å²) in [5.74, 6) is 1.56. The standard InChI is InChI=1S/C11H18N2O3/c1-3-5-6-7-9(11(12)15)13-10(14)8-16-4-2/h1,9H,4-8H2,2H3,(H2,12,15)(H,13,14)/t9-/m1/s1. The van der Waals surface area contributed by atoms with Gasteiger partial charge in [0.15, 0.2) is 0 Å². The van der Waals surface area contributed by atoms with E-state index in [0.29, 0.717) is 25.9 Å². The highest BCUT2D eigenvalue weighted by Gasteiger charge is 2.17. The van der Waals surface area contributed by atoms with E-state index in [1.54, 1.807) is 6.92 Å². The molecule has 0 radical (unpaired) electrons. The summed E-state index contributed by atoms with van der Waals surface area (Å²) in [6, 6.07) is -0.665. The number of hydrogen-bond acceptors (Lipinski definition) is 3. The Morgan fingerprint density at radius 2 is 2.25 bits per heavy atom. The Kier molecular flexibility index (Phi) is 7.90. The van der Waals surface area contributed by atoms with Gasteiger partial charge in [0, 0.05) is 13.0 Å². The molecule has 5 heteroatoms. The minimum atomic E-state index is -0.665. The predicted molar refractivity (Wildman–Crippen MR) is 60.3 cm³/mol. The third-order valence-electron chi connectivity index (χ3n) is 1.93. The van der Waals surface area contributed by atoms with Gasteiger partial charge in [-0.05, 0) is 19.8 Å². The van der Waals surface area contributed by atoms with Gasteiger partial charge in [0.2, 0.25) is 11.8 Å². The maximum absolute atomic E-state index is 11.3. The monoisotopic (exact) mass is 226 g/mol. The molecule has 0 fully saturated rings. The van der Waals surface area contributed by atoms with Gasteiger partial charge in [0.1, 0.15) is 12.6 Å². The first-order valence-corrected chi connectivity index (χ1v) is 5.21. The van der Waals surface area contributed by atoms with E-state index >= 15 is 0 Å². The SMILES string of the molecule is C#CCCC[C@@H](NC(=O)COCC)C(N)=O. The van der Waals surface area contributed by atoms with E-state index in [1.165, 1.54) is 0 Å². The summed E-state index contributed by atoms with van der Waals surface area (Å²) in [6.07, 6.45) is 6.75. The molecule has 0 aromatic rings. The molecule has 0 rings (SSSR count). The molecule has 0 spiro atoms. The fraction of sp³-hybridized carbons (Fsp3) is 0.636. The molecule has 0 aromatic carbocycles. The average molecular weight is 226 g/mol. The van der Waals surface area contributed by atoms with Crippen molar-refractivity contribution < 1.29 is 14.3 Å². The van der Waals surface area contributed by atoms with Crippen LogP contribution >= 0.6 is 0 Å². The van der Waals surface area contributed by atoms with Gasteiger partial charge >= 0.3 is 0 Å². The number of carbonyl (C=O) groups is 2. The average Bonchev–Trinajstić information content (AvgIpc) is 2.25. The van der Waals surface area contributed by atoms with Crippen LogP contribution in [0.25, 0.3) is 0 Å². The predicted octanol–water partition coefficient (Wildman–Crippen LogP) is -0.203. The second-order valence-electron chi connectivity index (χ2n) is 3.26. The molecule has 0 aliphatic carbocycles. The molecule has 0 unspecified atom stereocenters. The number of hydrogen-bond donors (Lipinski definition) is 2. The van der Waals surface area contributed by atoms with E-state index in [2.05, 4.69) is 11.2 Å². The second kappa shape index (κ2) is 8.74. The van der Waals surface area contributed by atoms with E-state index in [9.17, 15) is 9.59 Å². The Morgan fingerprint density at radius 3 is 2.75 bits per heavy atom. The van der Waals surface area contributed by atoms with Crippen molar-refractivity contribution in [3.8, 4) is 12.3 Å². The Morgan fingerprint density at radius 1 is 1.56 bits per heavy atom. The fourth-order valence-corrected chi connectivity index (χ4v) is 1.12.